The standard InChI is InChI=1S/C16H19ClN2O2/c1-5-21-16(20)10(2)15-11(3)18-19(12(15)4)14-8-6-13(17)7-9-14/h6-10H,5H2,1-4H3. The number of rotatable bonds is 4. The van der Waals surface area contributed by atoms with Gasteiger partial charge in [-0.1, -0.05) is 11.6 Å². The summed E-state index contributed by atoms with van der Waals surface area (Å²) in [4.78, 5) is 12.0. The summed E-state index contributed by atoms with van der Waals surface area (Å²) < 4.78 is 6.94. The van der Waals surface area contributed by atoms with E-state index in [0.717, 1.165) is 22.6 Å². The monoisotopic (exact) mass is 306 g/mol. The molecule has 0 saturated heterocycles. The zero-order chi connectivity index (χ0) is 15.6. The van der Waals surface area contributed by atoms with Gasteiger partial charge in [-0.3, -0.25) is 4.79 Å². The van der Waals surface area contributed by atoms with Crippen LogP contribution in [0.2, 0.25) is 5.02 Å². The number of halogens is 1. The molecule has 0 saturated carbocycles. The van der Waals surface area contributed by atoms with Crippen molar-refractivity contribution in [3.05, 3.63) is 46.2 Å². The number of aryl methyl sites for hydroxylation is 1. The first-order valence-electron chi connectivity index (χ1n) is 6.94. The molecule has 0 N–H and O–H groups in total. The molecule has 0 radical (unpaired) electrons. The van der Waals surface area contributed by atoms with E-state index in [1.165, 1.54) is 0 Å². The van der Waals surface area contributed by atoms with Gasteiger partial charge in [0.2, 0.25) is 0 Å². The van der Waals surface area contributed by atoms with Crippen LogP contribution >= 0.6 is 11.6 Å². The Labute approximate surface area is 129 Å². The van der Waals surface area contributed by atoms with Crippen molar-refractivity contribution in [1.29, 1.82) is 0 Å². The van der Waals surface area contributed by atoms with Gasteiger partial charge in [0.1, 0.15) is 0 Å². The number of aromatic nitrogens is 2. The molecule has 4 nitrogen and oxygen atoms in total. The van der Waals surface area contributed by atoms with Gasteiger partial charge in [-0.15, -0.1) is 0 Å². The largest absolute Gasteiger partial charge is 0.466 e. The molecule has 0 aliphatic carbocycles. The number of carbonyl (C=O) groups excluding carboxylic acids is 1. The summed E-state index contributed by atoms with van der Waals surface area (Å²) in [5, 5.41) is 5.22. The first kappa shape index (κ1) is 15.6. The second kappa shape index (κ2) is 6.31. The summed E-state index contributed by atoms with van der Waals surface area (Å²) in [6.45, 7) is 7.90. The number of hydrogen-bond acceptors (Lipinski definition) is 3. The third-order valence-corrected chi connectivity index (χ3v) is 3.74. The number of benzene rings is 1. The molecule has 1 heterocycles. The lowest BCUT2D eigenvalue weighted by molar-refractivity contribution is -0.144. The zero-order valence-electron chi connectivity index (χ0n) is 12.7. The summed E-state index contributed by atoms with van der Waals surface area (Å²) in [6.07, 6.45) is 0. The van der Waals surface area contributed by atoms with Gasteiger partial charge >= 0.3 is 5.97 Å². The van der Waals surface area contributed by atoms with Crippen LogP contribution < -0.4 is 0 Å². The van der Waals surface area contributed by atoms with E-state index in [9.17, 15) is 4.79 Å². The third-order valence-electron chi connectivity index (χ3n) is 3.49. The van der Waals surface area contributed by atoms with E-state index in [4.69, 9.17) is 16.3 Å². The fraction of sp³-hybridized carbons (Fsp3) is 0.375. The highest BCUT2D eigenvalue weighted by atomic mass is 35.5. The Morgan fingerprint density at radius 2 is 1.95 bits per heavy atom. The number of carbonyl (C=O) groups is 1. The van der Waals surface area contributed by atoms with Gasteiger partial charge < -0.3 is 4.74 Å². The Morgan fingerprint density at radius 3 is 2.52 bits per heavy atom. The van der Waals surface area contributed by atoms with Gasteiger partial charge in [0, 0.05) is 16.3 Å². The van der Waals surface area contributed by atoms with Crippen LogP contribution in [0.5, 0.6) is 0 Å². The highest BCUT2D eigenvalue weighted by Crippen LogP contribution is 2.26. The predicted octanol–water partition coefficient (Wildman–Crippen LogP) is 3.81. The van der Waals surface area contributed by atoms with Gasteiger partial charge in [0.05, 0.1) is 23.9 Å². The van der Waals surface area contributed by atoms with Gasteiger partial charge in [-0.05, 0) is 52.0 Å². The van der Waals surface area contributed by atoms with Gasteiger partial charge in [-0.25, -0.2) is 4.68 Å². The van der Waals surface area contributed by atoms with Crippen molar-refractivity contribution in [2.75, 3.05) is 6.61 Å². The quantitative estimate of drug-likeness (QED) is 0.807. The SMILES string of the molecule is CCOC(=O)C(C)c1c(C)nn(-c2ccc(Cl)cc2)c1C. The van der Waals surface area contributed by atoms with Crippen molar-refractivity contribution in [1.82, 2.24) is 9.78 Å². The van der Waals surface area contributed by atoms with Crippen LogP contribution in [-0.4, -0.2) is 22.4 Å². The maximum absolute atomic E-state index is 12.0. The maximum Gasteiger partial charge on any atom is 0.313 e. The number of nitrogens with zero attached hydrogens (tertiary/aromatic N) is 2. The molecule has 2 aromatic rings. The molecule has 5 heteroatoms. The van der Waals surface area contributed by atoms with E-state index in [1.807, 2.05) is 56.6 Å². The Hall–Kier alpha value is -1.81. The fourth-order valence-corrected chi connectivity index (χ4v) is 2.63. The second-order valence-corrected chi connectivity index (χ2v) is 5.38. The first-order chi connectivity index (χ1) is 9.95. The molecule has 0 spiro atoms. The number of esters is 1. The topological polar surface area (TPSA) is 44.1 Å². The molecule has 112 valence electrons. The van der Waals surface area contributed by atoms with E-state index in [0.29, 0.717) is 11.6 Å². The Kier molecular flexibility index (Phi) is 4.68. The lowest BCUT2D eigenvalue weighted by atomic mass is 9.99. The van der Waals surface area contributed by atoms with Gasteiger partial charge in [0.15, 0.2) is 0 Å². The van der Waals surface area contributed by atoms with Crippen LogP contribution in [0.25, 0.3) is 5.69 Å². The van der Waals surface area contributed by atoms with Crippen LogP contribution in [0.1, 0.15) is 36.7 Å². The van der Waals surface area contributed by atoms with Crippen molar-refractivity contribution in [3.63, 3.8) is 0 Å². The summed E-state index contributed by atoms with van der Waals surface area (Å²) in [6, 6.07) is 7.45. The Bertz CT molecular complexity index is 647. The van der Waals surface area contributed by atoms with Crippen molar-refractivity contribution in [2.24, 2.45) is 0 Å². The third kappa shape index (κ3) is 3.10. The number of hydrogen-bond donors (Lipinski definition) is 0. The van der Waals surface area contributed by atoms with Crippen molar-refractivity contribution >= 4 is 17.6 Å². The molecule has 1 aromatic heterocycles. The second-order valence-electron chi connectivity index (χ2n) is 4.95. The molecule has 1 atom stereocenters. The molecule has 0 bridgehead atoms. The van der Waals surface area contributed by atoms with E-state index < -0.39 is 0 Å². The minimum atomic E-state index is -0.328. The molecular formula is C16H19ClN2O2. The van der Waals surface area contributed by atoms with Crippen LogP contribution in [0.15, 0.2) is 24.3 Å². The molecule has 0 aliphatic rings. The van der Waals surface area contributed by atoms with Crippen LogP contribution in [0.4, 0.5) is 0 Å². The normalized spacial score (nSPS) is 12.2. The fourth-order valence-electron chi connectivity index (χ4n) is 2.50. The van der Waals surface area contributed by atoms with Crippen LogP contribution in [0, 0.1) is 13.8 Å². The average Bonchev–Trinajstić information content (AvgIpc) is 2.74. The van der Waals surface area contributed by atoms with E-state index in [-0.39, 0.29) is 11.9 Å². The van der Waals surface area contributed by atoms with Gasteiger partial charge in [0.25, 0.3) is 0 Å². The summed E-state index contributed by atoms with van der Waals surface area (Å²) in [7, 11) is 0. The van der Waals surface area contributed by atoms with E-state index in [1.54, 1.807) is 0 Å². The predicted molar refractivity (Wildman–Crippen MR) is 83.1 cm³/mol. The summed E-state index contributed by atoms with van der Waals surface area (Å²) >= 11 is 5.91. The van der Waals surface area contributed by atoms with Crippen LogP contribution in [-0.2, 0) is 9.53 Å². The highest BCUT2D eigenvalue weighted by Gasteiger charge is 2.24. The van der Waals surface area contributed by atoms with E-state index >= 15 is 0 Å². The maximum atomic E-state index is 12.0. The molecule has 0 fully saturated rings. The lowest BCUT2D eigenvalue weighted by Gasteiger charge is -2.11. The highest BCUT2D eigenvalue weighted by molar-refractivity contribution is 6.30. The molecule has 1 aromatic carbocycles. The van der Waals surface area contributed by atoms with Crippen LogP contribution in [0.3, 0.4) is 0 Å². The minimum Gasteiger partial charge on any atom is -0.466 e. The lowest BCUT2D eigenvalue weighted by Crippen LogP contribution is -2.14. The number of ether oxygens (including phenoxy) is 1. The summed E-state index contributed by atoms with van der Waals surface area (Å²) in [5.74, 6) is -0.551. The first-order valence-corrected chi connectivity index (χ1v) is 7.32. The Morgan fingerprint density at radius 1 is 1.33 bits per heavy atom. The van der Waals surface area contributed by atoms with Crippen molar-refractivity contribution in [3.8, 4) is 5.69 Å². The van der Waals surface area contributed by atoms with Crippen molar-refractivity contribution < 1.29 is 9.53 Å². The molecule has 21 heavy (non-hydrogen) atoms. The molecule has 2 rings (SSSR count). The minimum absolute atomic E-state index is 0.223. The molecule has 0 aliphatic heterocycles. The Balaban J connectivity index is 2.42. The van der Waals surface area contributed by atoms with Crippen molar-refractivity contribution in [2.45, 2.75) is 33.6 Å². The average molecular weight is 307 g/mol. The van der Waals surface area contributed by atoms with Gasteiger partial charge in [-0.2, -0.15) is 5.10 Å². The summed E-state index contributed by atoms with van der Waals surface area (Å²) in [5.41, 5.74) is 3.61. The smallest absolute Gasteiger partial charge is 0.313 e. The molecular weight excluding hydrogens is 288 g/mol. The molecule has 0 amide bonds. The molecule has 1 unspecified atom stereocenters. The van der Waals surface area contributed by atoms with E-state index in [2.05, 4.69) is 5.10 Å². The zero-order valence-corrected chi connectivity index (χ0v) is 13.4.